The fourth-order valence-corrected chi connectivity index (χ4v) is 3.18. The number of anilines is 1. The third-order valence-corrected chi connectivity index (χ3v) is 4.55. The summed E-state index contributed by atoms with van der Waals surface area (Å²) in [7, 11) is 0. The van der Waals surface area contributed by atoms with Crippen molar-refractivity contribution < 1.29 is 9.53 Å². The zero-order valence-corrected chi connectivity index (χ0v) is 14.5. The molecule has 1 aromatic carbocycles. The molecule has 0 saturated carbocycles. The lowest BCUT2D eigenvalue weighted by Gasteiger charge is -2.20. The van der Waals surface area contributed by atoms with E-state index in [-0.39, 0.29) is 5.97 Å². The average Bonchev–Trinajstić information content (AvgIpc) is 2.59. The SMILES string of the molecule is CCCCCCCCCCOC(=O)c1cccc2c1CCCN2. The number of rotatable bonds is 10. The molecule has 0 radical (unpaired) electrons. The van der Waals surface area contributed by atoms with Crippen molar-refractivity contribution in [2.24, 2.45) is 0 Å². The highest BCUT2D eigenvalue weighted by molar-refractivity contribution is 5.93. The predicted molar refractivity (Wildman–Crippen MR) is 96.1 cm³/mol. The van der Waals surface area contributed by atoms with Gasteiger partial charge in [0.05, 0.1) is 12.2 Å². The van der Waals surface area contributed by atoms with Crippen LogP contribution in [0, 0.1) is 0 Å². The van der Waals surface area contributed by atoms with Crippen molar-refractivity contribution in [3.63, 3.8) is 0 Å². The first kappa shape index (κ1) is 17.8. The number of carbonyl (C=O) groups excluding carboxylic acids is 1. The molecule has 1 heterocycles. The highest BCUT2D eigenvalue weighted by atomic mass is 16.5. The summed E-state index contributed by atoms with van der Waals surface area (Å²) < 4.78 is 5.47. The van der Waals surface area contributed by atoms with Gasteiger partial charge in [0, 0.05) is 12.2 Å². The highest BCUT2D eigenvalue weighted by Crippen LogP contribution is 2.25. The van der Waals surface area contributed by atoms with Crippen LogP contribution in [0.15, 0.2) is 18.2 Å². The molecule has 0 saturated heterocycles. The topological polar surface area (TPSA) is 38.3 Å². The van der Waals surface area contributed by atoms with Crippen molar-refractivity contribution in [1.82, 2.24) is 0 Å². The second-order valence-electron chi connectivity index (χ2n) is 6.47. The molecule has 1 aliphatic heterocycles. The van der Waals surface area contributed by atoms with Gasteiger partial charge >= 0.3 is 5.97 Å². The summed E-state index contributed by atoms with van der Waals surface area (Å²) in [5.41, 5.74) is 2.96. The van der Waals surface area contributed by atoms with E-state index >= 15 is 0 Å². The van der Waals surface area contributed by atoms with E-state index in [0.717, 1.165) is 49.0 Å². The molecule has 1 aliphatic rings. The van der Waals surface area contributed by atoms with Gasteiger partial charge in [-0.2, -0.15) is 0 Å². The average molecular weight is 317 g/mol. The van der Waals surface area contributed by atoms with E-state index in [1.54, 1.807) is 0 Å². The molecule has 1 aromatic rings. The Morgan fingerprint density at radius 3 is 2.61 bits per heavy atom. The Kier molecular flexibility index (Phi) is 7.99. The minimum Gasteiger partial charge on any atom is -0.462 e. The number of benzene rings is 1. The lowest BCUT2D eigenvalue weighted by atomic mass is 9.98. The van der Waals surface area contributed by atoms with Crippen LogP contribution in [-0.4, -0.2) is 19.1 Å². The Labute approximate surface area is 140 Å². The number of nitrogens with one attached hydrogen (secondary N) is 1. The van der Waals surface area contributed by atoms with Crippen LogP contribution in [0.25, 0.3) is 0 Å². The number of unbranched alkanes of at least 4 members (excludes halogenated alkanes) is 7. The predicted octanol–water partition coefficient (Wildman–Crippen LogP) is 5.34. The van der Waals surface area contributed by atoms with Crippen molar-refractivity contribution >= 4 is 11.7 Å². The maximum absolute atomic E-state index is 12.3. The Hall–Kier alpha value is -1.51. The first-order valence-electron chi connectivity index (χ1n) is 9.36. The summed E-state index contributed by atoms with van der Waals surface area (Å²) >= 11 is 0. The van der Waals surface area contributed by atoms with E-state index in [9.17, 15) is 4.79 Å². The molecule has 0 fully saturated rings. The second kappa shape index (κ2) is 10.3. The van der Waals surface area contributed by atoms with Gasteiger partial charge in [-0.25, -0.2) is 4.79 Å². The van der Waals surface area contributed by atoms with Gasteiger partial charge in [-0.05, 0) is 37.0 Å². The van der Waals surface area contributed by atoms with Crippen LogP contribution in [-0.2, 0) is 11.2 Å². The van der Waals surface area contributed by atoms with Gasteiger partial charge in [-0.15, -0.1) is 0 Å². The van der Waals surface area contributed by atoms with Gasteiger partial charge in [0.15, 0.2) is 0 Å². The van der Waals surface area contributed by atoms with Gasteiger partial charge in [0.25, 0.3) is 0 Å². The maximum atomic E-state index is 12.3. The van der Waals surface area contributed by atoms with Crippen molar-refractivity contribution in [2.75, 3.05) is 18.5 Å². The number of hydrogen-bond donors (Lipinski definition) is 1. The van der Waals surface area contributed by atoms with Gasteiger partial charge in [-0.1, -0.05) is 57.9 Å². The van der Waals surface area contributed by atoms with Crippen LogP contribution in [0.3, 0.4) is 0 Å². The number of hydrogen-bond acceptors (Lipinski definition) is 3. The Balaban J connectivity index is 1.64. The van der Waals surface area contributed by atoms with Gasteiger partial charge in [-0.3, -0.25) is 0 Å². The fourth-order valence-electron chi connectivity index (χ4n) is 3.18. The largest absolute Gasteiger partial charge is 0.462 e. The zero-order chi connectivity index (χ0) is 16.3. The first-order valence-corrected chi connectivity index (χ1v) is 9.36. The molecule has 0 bridgehead atoms. The van der Waals surface area contributed by atoms with Gasteiger partial charge in [0.2, 0.25) is 0 Å². The van der Waals surface area contributed by atoms with Crippen molar-refractivity contribution in [1.29, 1.82) is 0 Å². The quantitative estimate of drug-likeness (QED) is 0.467. The smallest absolute Gasteiger partial charge is 0.338 e. The fraction of sp³-hybridized carbons (Fsp3) is 0.650. The molecule has 0 aromatic heterocycles. The van der Waals surface area contributed by atoms with E-state index in [4.69, 9.17) is 4.74 Å². The molecule has 1 N–H and O–H groups in total. The van der Waals surface area contributed by atoms with Crippen LogP contribution < -0.4 is 5.32 Å². The molecule has 23 heavy (non-hydrogen) atoms. The highest BCUT2D eigenvalue weighted by Gasteiger charge is 2.18. The van der Waals surface area contributed by atoms with Crippen LogP contribution in [0.2, 0.25) is 0 Å². The van der Waals surface area contributed by atoms with Gasteiger partial charge in [0.1, 0.15) is 0 Å². The monoisotopic (exact) mass is 317 g/mol. The molecule has 3 heteroatoms. The normalized spacial score (nSPS) is 13.3. The maximum Gasteiger partial charge on any atom is 0.338 e. The van der Waals surface area contributed by atoms with E-state index in [0.29, 0.717) is 6.61 Å². The Morgan fingerprint density at radius 1 is 1.09 bits per heavy atom. The van der Waals surface area contributed by atoms with Crippen molar-refractivity contribution in [2.45, 2.75) is 71.1 Å². The molecular formula is C20H31NO2. The summed E-state index contributed by atoms with van der Waals surface area (Å²) in [6.07, 6.45) is 12.1. The standard InChI is InChI=1S/C20H31NO2/c1-2-3-4-5-6-7-8-9-16-23-20(22)18-12-10-14-19-17(18)13-11-15-21-19/h10,12,14,21H,2-9,11,13,15-16H2,1H3. The number of ether oxygens (including phenoxy) is 1. The molecule has 0 unspecified atom stereocenters. The number of carbonyl (C=O) groups is 1. The molecular weight excluding hydrogens is 286 g/mol. The Bertz CT molecular complexity index is 485. The molecule has 128 valence electrons. The van der Waals surface area contributed by atoms with E-state index in [1.165, 1.54) is 38.5 Å². The number of fused-ring (bicyclic) bond motifs is 1. The lowest BCUT2D eigenvalue weighted by molar-refractivity contribution is 0.0496. The van der Waals surface area contributed by atoms with E-state index < -0.39 is 0 Å². The van der Waals surface area contributed by atoms with Crippen LogP contribution >= 0.6 is 0 Å². The summed E-state index contributed by atoms with van der Waals surface area (Å²) in [6.45, 7) is 3.78. The third kappa shape index (κ3) is 5.89. The summed E-state index contributed by atoms with van der Waals surface area (Å²) in [4.78, 5) is 12.3. The minimum absolute atomic E-state index is 0.159. The van der Waals surface area contributed by atoms with E-state index in [2.05, 4.69) is 12.2 Å². The minimum atomic E-state index is -0.159. The molecule has 0 spiro atoms. The second-order valence-corrected chi connectivity index (χ2v) is 6.47. The van der Waals surface area contributed by atoms with Gasteiger partial charge < -0.3 is 10.1 Å². The van der Waals surface area contributed by atoms with Crippen LogP contribution in [0.5, 0.6) is 0 Å². The molecule has 3 nitrogen and oxygen atoms in total. The summed E-state index contributed by atoms with van der Waals surface area (Å²) in [5.74, 6) is -0.159. The molecule has 2 rings (SSSR count). The Morgan fingerprint density at radius 2 is 1.83 bits per heavy atom. The van der Waals surface area contributed by atoms with Crippen LogP contribution in [0.4, 0.5) is 5.69 Å². The first-order chi connectivity index (χ1) is 11.3. The van der Waals surface area contributed by atoms with Crippen LogP contribution in [0.1, 0.15) is 80.6 Å². The third-order valence-electron chi connectivity index (χ3n) is 4.55. The zero-order valence-electron chi connectivity index (χ0n) is 14.5. The molecule has 0 aliphatic carbocycles. The lowest BCUT2D eigenvalue weighted by Crippen LogP contribution is -2.17. The van der Waals surface area contributed by atoms with E-state index in [1.807, 2.05) is 18.2 Å². The molecule has 0 amide bonds. The summed E-state index contributed by atoms with van der Waals surface area (Å²) in [5, 5.41) is 3.35. The summed E-state index contributed by atoms with van der Waals surface area (Å²) in [6, 6.07) is 5.87. The number of esters is 1. The molecule has 0 atom stereocenters. The van der Waals surface area contributed by atoms with Crippen molar-refractivity contribution in [3.8, 4) is 0 Å². The van der Waals surface area contributed by atoms with Crippen molar-refractivity contribution in [3.05, 3.63) is 29.3 Å².